The Balaban J connectivity index is 1.75. The van der Waals surface area contributed by atoms with Crippen LogP contribution in [0.15, 0.2) is 24.4 Å². The zero-order valence-corrected chi connectivity index (χ0v) is 10.7. The number of likely N-dealkylation sites (N-methyl/N-ethyl adjacent to an activating group) is 1. The molecule has 3 rings (SSSR count). The van der Waals surface area contributed by atoms with Crippen molar-refractivity contribution in [2.45, 2.75) is 25.4 Å². The van der Waals surface area contributed by atoms with Crippen molar-refractivity contribution in [1.29, 1.82) is 0 Å². The van der Waals surface area contributed by atoms with Crippen molar-refractivity contribution in [3.05, 3.63) is 30.1 Å². The van der Waals surface area contributed by atoms with Crippen molar-refractivity contribution < 1.29 is 4.79 Å². The Morgan fingerprint density at radius 1 is 1.39 bits per heavy atom. The molecule has 1 amide bonds. The molecule has 18 heavy (non-hydrogen) atoms. The maximum atomic E-state index is 12.4. The van der Waals surface area contributed by atoms with Gasteiger partial charge in [0.1, 0.15) is 0 Å². The number of amides is 1. The van der Waals surface area contributed by atoms with Crippen LogP contribution in [-0.4, -0.2) is 35.4 Å². The molecule has 4 heteroatoms. The Morgan fingerprint density at radius 2 is 2.28 bits per heavy atom. The Kier molecular flexibility index (Phi) is 3.04. The van der Waals surface area contributed by atoms with Gasteiger partial charge in [-0.15, -0.1) is 0 Å². The van der Waals surface area contributed by atoms with Crippen molar-refractivity contribution in [2.24, 2.45) is 11.8 Å². The van der Waals surface area contributed by atoms with Gasteiger partial charge in [0.25, 0.3) is 0 Å². The number of pyridine rings is 1. The SMILES string of the molecule is CNC1CC2CC2CN(Cc2ccccn2)C1=O. The van der Waals surface area contributed by atoms with Gasteiger partial charge < -0.3 is 10.2 Å². The first-order valence-corrected chi connectivity index (χ1v) is 6.64. The summed E-state index contributed by atoms with van der Waals surface area (Å²) >= 11 is 0. The summed E-state index contributed by atoms with van der Waals surface area (Å²) in [6.07, 6.45) is 4.07. The summed E-state index contributed by atoms with van der Waals surface area (Å²) in [4.78, 5) is 18.7. The van der Waals surface area contributed by atoms with Crippen molar-refractivity contribution in [1.82, 2.24) is 15.2 Å². The first-order chi connectivity index (χ1) is 8.78. The lowest BCUT2D eigenvalue weighted by Gasteiger charge is -2.25. The van der Waals surface area contributed by atoms with Crippen LogP contribution in [0.3, 0.4) is 0 Å². The van der Waals surface area contributed by atoms with Gasteiger partial charge in [-0.2, -0.15) is 0 Å². The van der Waals surface area contributed by atoms with E-state index in [0.717, 1.165) is 30.5 Å². The Bertz CT molecular complexity index is 434. The van der Waals surface area contributed by atoms with Gasteiger partial charge in [-0.25, -0.2) is 0 Å². The fourth-order valence-corrected chi connectivity index (χ4v) is 2.89. The first-order valence-electron chi connectivity index (χ1n) is 6.64. The summed E-state index contributed by atoms with van der Waals surface area (Å²) in [5, 5.41) is 3.15. The number of nitrogens with one attached hydrogen (secondary N) is 1. The summed E-state index contributed by atoms with van der Waals surface area (Å²) in [6, 6.07) is 5.85. The highest BCUT2D eigenvalue weighted by molar-refractivity contribution is 5.82. The number of carbonyl (C=O) groups excluding carboxylic acids is 1. The van der Waals surface area contributed by atoms with E-state index in [0.29, 0.717) is 6.54 Å². The second-order valence-electron chi connectivity index (χ2n) is 5.37. The van der Waals surface area contributed by atoms with Crippen LogP contribution < -0.4 is 5.32 Å². The molecule has 96 valence electrons. The highest BCUT2D eigenvalue weighted by atomic mass is 16.2. The lowest BCUT2D eigenvalue weighted by atomic mass is 10.1. The molecule has 3 atom stereocenters. The number of hydrogen-bond donors (Lipinski definition) is 1. The van der Waals surface area contributed by atoms with E-state index in [2.05, 4.69) is 10.3 Å². The molecular weight excluding hydrogens is 226 g/mol. The number of hydrogen-bond acceptors (Lipinski definition) is 3. The van der Waals surface area contributed by atoms with Crippen LogP contribution in [0.5, 0.6) is 0 Å². The van der Waals surface area contributed by atoms with Crippen LogP contribution in [0.2, 0.25) is 0 Å². The second-order valence-corrected chi connectivity index (χ2v) is 5.37. The van der Waals surface area contributed by atoms with E-state index in [1.165, 1.54) is 6.42 Å². The van der Waals surface area contributed by atoms with E-state index in [1.807, 2.05) is 30.1 Å². The zero-order chi connectivity index (χ0) is 12.5. The van der Waals surface area contributed by atoms with E-state index in [-0.39, 0.29) is 11.9 Å². The molecule has 1 aromatic rings. The quantitative estimate of drug-likeness (QED) is 0.865. The van der Waals surface area contributed by atoms with Gasteiger partial charge in [0.2, 0.25) is 5.91 Å². The maximum Gasteiger partial charge on any atom is 0.240 e. The summed E-state index contributed by atoms with van der Waals surface area (Å²) in [5.74, 6) is 1.70. The minimum Gasteiger partial charge on any atom is -0.335 e. The average Bonchev–Trinajstić information content (AvgIpc) is 3.14. The summed E-state index contributed by atoms with van der Waals surface area (Å²) in [6.45, 7) is 1.54. The largest absolute Gasteiger partial charge is 0.335 e. The number of nitrogens with zero attached hydrogens (tertiary/aromatic N) is 2. The monoisotopic (exact) mass is 245 g/mol. The molecule has 1 aromatic heterocycles. The summed E-state index contributed by atoms with van der Waals surface area (Å²) in [7, 11) is 1.88. The average molecular weight is 245 g/mol. The van der Waals surface area contributed by atoms with Crippen LogP contribution in [-0.2, 0) is 11.3 Å². The third-order valence-corrected chi connectivity index (χ3v) is 4.10. The molecular formula is C14H19N3O. The number of fused-ring (bicyclic) bond motifs is 1. The van der Waals surface area contributed by atoms with Gasteiger partial charge in [-0.05, 0) is 43.9 Å². The summed E-state index contributed by atoms with van der Waals surface area (Å²) in [5.41, 5.74) is 0.972. The number of likely N-dealkylation sites (tertiary alicyclic amines) is 1. The number of aromatic nitrogens is 1. The van der Waals surface area contributed by atoms with E-state index >= 15 is 0 Å². The molecule has 0 aromatic carbocycles. The molecule has 2 fully saturated rings. The third kappa shape index (κ3) is 2.25. The maximum absolute atomic E-state index is 12.4. The lowest BCUT2D eigenvalue weighted by molar-refractivity contribution is -0.133. The number of rotatable bonds is 3. The smallest absolute Gasteiger partial charge is 0.240 e. The molecule has 0 bridgehead atoms. The van der Waals surface area contributed by atoms with E-state index in [4.69, 9.17) is 0 Å². The molecule has 3 unspecified atom stereocenters. The lowest BCUT2D eigenvalue weighted by Crippen LogP contribution is -2.44. The van der Waals surface area contributed by atoms with E-state index in [9.17, 15) is 4.79 Å². The van der Waals surface area contributed by atoms with Crippen LogP contribution in [0, 0.1) is 11.8 Å². The predicted octanol–water partition coefficient (Wildman–Crippen LogP) is 1.04. The Hall–Kier alpha value is -1.42. The Labute approximate surface area is 107 Å². The molecule has 4 nitrogen and oxygen atoms in total. The van der Waals surface area contributed by atoms with Crippen molar-refractivity contribution in [3.63, 3.8) is 0 Å². The van der Waals surface area contributed by atoms with Crippen LogP contribution in [0.4, 0.5) is 0 Å². The molecule has 1 saturated carbocycles. The van der Waals surface area contributed by atoms with Gasteiger partial charge in [0.05, 0.1) is 18.3 Å². The number of carbonyl (C=O) groups is 1. The molecule has 2 heterocycles. The molecule has 2 aliphatic rings. The molecule has 0 spiro atoms. The second kappa shape index (κ2) is 4.69. The summed E-state index contributed by atoms with van der Waals surface area (Å²) < 4.78 is 0. The Morgan fingerprint density at radius 3 is 3.00 bits per heavy atom. The minimum atomic E-state index is -0.00814. The van der Waals surface area contributed by atoms with Gasteiger partial charge in [-0.1, -0.05) is 6.07 Å². The third-order valence-electron chi connectivity index (χ3n) is 4.10. The standard InChI is InChI=1S/C14H19N3O/c1-15-13-7-10-6-11(10)8-17(14(13)18)9-12-4-2-3-5-16-12/h2-5,10-11,13,15H,6-9H2,1H3. The zero-order valence-electron chi connectivity index (χ0n) is 10.7. The topological polar surface area (TPSA) is 45.2 Å². The van der Waals surface area contributed by atoms with Crippen LogP contribution in [0.25, 0.3) is 0 Å². The normalized spacial score (nSPS) is 30.8. The van der Waals surface area contributed by atoms with Crippen LogP contribution in [0.1, 0.15) is 18.5 Å². The molecule has 1 aliphatic carbocycles. The van der Waals surface area contributed by atoms with E-state index < -0.39 is 0 Å². The fraction of sp³-hybridized carbons (Fsp3) is 0.571. The molecule has 0 radical (unpaired) electrons. The van der Waals surface area contributed by atoms with E-state index in [1.54, 1.807) is 6.20 Å². The fourth-order valence-electron chi connectivity index (χ4n) is 2.89. The highest BCUT2D eigenvalue weighted by Crippen LogP contribution is 2.44. The van der Waals surface area contributed by atoms with Gasteiger partial charge >= 0.3 is 0 Å². The van der Waals surface area contributed by atoms with Gasteiger partial charge in [0.15, 0.2) is 0 Å². The van der Waals surface area contributed by atoms with Gasteiger partial charge in [-0.3, -0.25) is 9.78 Å². The van der Waals surface area contributed by atoms with Crippen molar-refractivity contribution in [3.8, 4) is 0 Å². The molecule has 1 N–H and O–H groups in total. The van der Waals surface area contributed by atoms with Crippen LogP contribution >= 0.6 is 0 Å². The predicted molar refractivity (Wildman–Crippen MR) is 68.7 cm³/mol. The minimum absolute atomic E-state index is 0.00814. The molecule has 1 saturated heterocycles. The highest BCUT2D eigenvalue weighted by Gasteiger charge is 2.45. The van der Waals surface area contributed by atoms with Crippen molar-refractivity contribution >= 4 is 5.91 Å². The van der Waals surface area contributed by atoms with Crippen molar-refractivity contribution in [2.75, 3.05) is 13.6 Å². The van der Waals surface area contributed by atoms with Gasteiger partial charge in [0, 0.05) is 12.7 Å². The first kappa shape index (κ1) is 11.7. The molecule has 1 aliphatic heterocycles.